The van der Waals surface area contributed by atoms with Gasteiger partial charge in [-0.25, -0.2) is 0 Å². The predicted molar refractivity (Wildman–Crippen MR) is 73.3 cm³/mol. The summed E-state index contributed by atoms with van der Waals surface area (Å²) < 4.78 is 5.61. The van der Waals surface area contributed by atoms with Gasteiger partial charge in [-0.05, 0) is 42.7 Å². The maximum atomic E-state index is 5.61. The van der Waals surface area contributed by atoms with Crippen LogP contribution in [0.5, 0.6) is 5.75 Å². The Kier molecular flexibility index (Phi) is 5.78. The van der Waals surface area contributed by atoms with Gasteiger partial charge in [0.15, 0.2) is 0 Å². The van der Waals surface area contributed by atoms with E-state index in [1.165, 1.54) is 5.56 Å². The Morgan fingerprint density at radius 2 is 2.18 bits per heavy atom. The second-order valence-electron chi connectivity index (χ2n) is 4.92. The maximum Gasteiger partial charge on any atom is 0.120 e. The first-order valence-electron chi connectivity index (χ1n) is 6.14. The van der Waals surface area contributed by atoms with Crippen molar-refractivity contribution in [3.05, 3.63) is 42.0 Å². The molecule has 2 nitrogen and oxygen atoms in total. The van der Waals surface area contributed by atoms with E-state index in [1.54, 1.807) is 0 Å². The normalized spacial score (nSPS) is 10.6. The molecule has 0 aliphatic rings. The van der Waals surface area contributed by atoms with E-state index in [9.17, 15) is 0 Å². The van der Waals surface area contributed by atoms with Crippen LogP contribution in [0.25, 0.3) is 0 Å². The molecule has 0 radical (unpaired) electrons. The summed E-state index contributed by atoms with van der Waals surface area (Å²) in [7, 11) is 0. The fraction of sp³-hybridized carbons (Fsp3) is 0.467. The van der Waals surface area contributed by atoms with Crippen LogP contribution in [0.3, 0.4) is 0 Å². The summed E-state index contributed by atoms with van der Waals surface area (Å²) in [4.78, 5) is 0. The molecule has 0 fully saturated rings. The Hall–Kier alpha value is -1.28. The lowest BCUT2D eigenvalue weighted by atomic mass is 10.2. The van der Waals surface area contributed by atoms with Crippen molar-refractivity contribution in [2.45, 2.75) is 27.3 Å². The third-order valence-corrected chi connectivity index (χ3v) is 2.27. The van der Waals surface area contributed by atoms with E-state index in [4.69, 9.17) is 4.74 Å². The molecule has 0 aliphatic carbocycles. The minimum atomic E-state index is 0.586. The van der Waals surface area contributed by atoms with E-state index in [-0.39, 0.29) is 0 Å². The van der Waals surface area contributed by atoms with Crippen LogP contribution in [0.2, 0.25) is 0 Å². The summed E-state index contributed by atoms with van der Waals surface area (Å²) in [5, 5.41) is 3.42. The molecule has 0 saturated carbocycles. The van der Waals surface area contributed by atoms with Crippen LogP contribution in [0.4, 0.5) is 0 Å². The fourth-order valence-corrected chi connectivity index (χ4v) is 1.46. The van der Waals surface area contributed by atoms with Crippen LogP contribution < -0.4 is 10.1 Å². The maximum absolute atomic E-state index is 5.61. The minimum absolute atomic E-state index is 0.586. The van der Waals surface area contributed by atoms with Gasteiger partial charge in [-0.1, -0.05) is 32.6 Å². The molecular weight excluding hydrogens is 210 g/mol. The van der Waals surface area contributed by atoms with Crippen molar-refractivity contribution in [1.29, 1.82) is 0 Å². The highest BCUT2D eigenvalue weighted by Gasteiger charge is 1.98. The number of hydrogen-bond acceptors (Lipinski definition) is 2. The zero-order chi connectivity index (χ0) is 12.7. The molecule has 1 aromatic rings. The Balaban J connectivity index is 2.45. The SMILES string of the molecule is C=C(C)COc1cccc(CNCC(C)C)c1. The van der Waals surface area contributed by atoms with Crippen LogP contribution in [-0.4, -0.2) is 13.2 Å². The largest absolute Gasteiger partial charge is 0.489 e. The summed E-state index contributed by atoms with van der Waals surface area (Å²) in [5.41, 5.74) is 2.29. The number of benzene rings is 1. The average Bonchev–Trinajstić information content (AvgIpc) is 2.26. The topological polar surface area (TPSA) is 21.3 Å². The first-order chi connectivity index (χ1) is 8.08. The van der Waals surface area contributed by atoms with Gasteiger partial charge in [-0.15, -0.1) is 0 Å². The van der Waals surface area contributed by atoms with Gasteiger partial charge >= 0.3 is 0 Å². The first-order valence-corrected chi connectivity index (χ1v) is 6.14. The van der Waals surface area contributed by atoms with Crippen LogP contribution in [0.1, 0.15) is 26.3 Å². The Morgan fingerprint density at radius 1 is 1.41 bits per heavy atom. The van der Waals surface area contributed by atoms with Crippen molar-refractivity contribution in [2.24, 2.45) is 5.92 Å². The lowest BCUT2D eigenvalue weighted by molar-refractivity contribution is 0.352. The third kappa shape index (κ3) is 6.12. The first kappa shape index (κ1) is 13.8. The molecule has 1 N–H and O–H groups in total. The molecule has 2 heteroatoms. The molecular formula is C15H23NO. The summed E-state index contributed by atoms with van der Waals surface area (Å²) in [5.74, 6) is 1.59. The monoisotopic (exact) mass is 233 g/mol. The summed E-state index contributed by atoms with van der Waals surface area (Å²) >= 11 is 0. The Bertz CT molecular complexity index is 358. The molecule has 0 atom stereocenters. The lowest BCUT2D eigenvalue weighted by Gasteiger charge is -2.10. The molecule has 0 unspecified atom stereocenters. The number of hydrogen-bond donors (Lipinski definition) is 1. The lowest BCUT2D eigenvalue weighted by Crippen LogP contribution is -2.18. The van der Waals surface area contributed by atoms with Crippen LogP contribution >= 0.6 is 0 Å². The van der Waals surface area contributed by atoms with Crippen molar-refractivity contribution >= 4 is 0 Å². The smallest absolute Gasteiger partial charge is 0.120 e. The molecule has 0 aromatic heterocycles. The molecule has 0 saturated heterocycles. The van der Waals surface area contributed by atoms with Gasteiger partial charge in [0.25, 0.3) is 0 Å². The molecule has 0 amide bonds. The predicted octanol–water partition coefficient (Wildman–Crippen LogP) is 3.39. The highest BCUT2D eigenvalue weighted by molar-refractivity contribution is 5.28. The zero-order valence-electron chi connectivity index (χ0n) is 11.1. The van der Waals surface area contributed by atoms with E-state index >= 15 is 0 Å². The second kappa shape index (κ2) is 7.13. The van der Waals surface area contributed by atoms with Gasteiger partial charge in [0.2, 0.25) is 0 Å². The van der Waals surface area contributed by atoms with E-state index < -0.39 is 0 Å². The van der Waals surface area contributed by atoms with Crippen molar-refractivity contribution in [2.75, 3.05) is 13.2 Å². The molecule has 0 aliphatic heterocycles. The molecule has 94 valence electrons. The zero-order valence-corrected chi connectivity index (χ0v) is 11.1. The van der Waals surface area contributed by atoms with Gasteiger partial charge in [0.1, 0.15) is 12.4 Å². The highest BCUT2D eigenvalue weighted by Crippen LogP contribution is 2.13. The standard InChI is InChI=1S/C15H23NO/c1-12(2)9-16-10-14-6-5-7-15(8-14)17-11-13(3)4/h5-8,12,16H,3,9-11H2,1-2,4H3. The van der Waals surface area contributed by atoms with Crippen molar-refractivity contribution < 1.29 is 4.74 Å². The number of nitrogens with one attached hydrogen (secondary N) is 1. The third-order valence-electron chi connectivity index (χ3n) is 2.27. The van der Waals surface area contributed by atoms with Gasteiger partial charge in [-0.3, -0.25) is 0 Å². The van der Waals surface area contributed by atoms with E-state index in [1.807, 2.05) is 19.1 Å². The van der Waals surface area contributed by atoms with Gasteiger partial charge in [0.05, 0.1) is 0 Å². The van der Waals surface area contributed by atoms with Crippen molar-refractivity contribution in [3.63, 3.8) is 0 Å². The summed E-state index contributed by atoms with van der Waals surface area (Å²) in [6, 6.07) is 8.20. The van der Waals surface area contributed by atoms with Gasteiger partial charge in [0, 0.05) is 6.54 Å². The quantitative estimate of drug-likeness (QED) is 0.729. The summed E-state index contributed by atoms with van der Waals surface area (Å²) in [6.07, 6.45) is 0. The Labute approximate surface area is 105 Å². The average molecular weight is 233 g/mol. The van der Waals surface area contributed by atoms with Crippen LogP contribution in [0, 0.1) is 5.92 Å². The van der Waals surface area contributed by atoms with Crippen LogP contribution in [-0.2, 0) is 6.54 Å². The molecule has 0 heterocycles. The van der Waals surface area contributed by atoms with Gasteiger partial charge < -0.3 is 10.1 Å². The van der Waals surface area contributed by atoms with Crippen LogP contribution in [0.15, 0.2) is 36.4 Å². The molecule has 1 aromatic carbocycles. The molecule has 17 heavy (non-hydrogen) atoms. The molecule has 1 rings (SSSR count). The van der Waals surface area contributed by atoms with E-state index in [0.29, 0.717) is 12.5 Å². The fourth-order valence-electron chi connectivity index (χ4n) is 1.46. The minimum Gasteiger partial charge on any atom is -0.489 e. The molecule has 0 spiro atoms. The van der Waals surface area contributed by atoms with Gasteiger partial charge in [-0.2, -0.15) is 0 Å². The second-order valence-corrected chi connectivity index (χ2v) is 4.92. The van der Waals surface area contributed by atoms with E-state index in [0.717, 1.165) is 24.4 Å². The van der Waals surface area contributed by atoms with E-state index in [2.05, 4.69) is 37.9 Å². The van der Waals surface area contributed by atoms with Crippen molar-refractivity contribution in [1.82, 2.24) is 5.32 Å². The Morgan fingerprint density at radius 3 is 2.82 bits per heavy atom. The number of ether oxygens (including phenoxy) is 1. The number of rotatable bonds is 7. The summed E-state index contributed by atoms with van der Waals surface area (Å²) in [6.45, 7) is 12.7. The molecule has 0 bridgehead atoms. The van der Waals surface area contributed by atoms with Crippen molar-refractivity contribution in [3.8, 4) is 5.75 Å². The highest BCUT2D eigenvalue weighted by atomic mass is 16.5.